The summed E-state index contributed by atoms with van der Waals surface area (Å²) in [6, 6.07) is 8.97. The van der Waals surface area contributed by atoms with Gasteiger partial charge >= 0.3 is 0 Å². The van der Waals surface area contributed by atoms with E-state index in [2.05, 4.69) is 61.0 Å². The summed E-state index contributed by atoms with van der Waals surface area (Å²) >= 11 is 3.97. The van der Waals surface area contributed by atoms with E-state index < -0.39 is 0 Å². The first-order chi connectivity index (χ1) is 8.47. The molecule has 18 heavy (non-hydrogen) atoms. The van der Waals surface area contributed by atoms with E-state index in [1.54, 1.807) is 5.56 Å². The van der Waals surface area contributed by atoms with Crippen molar-refractivity contribution in [3.05, 3.63) is 35.4 Å². The number of hydrogen-bond donors (Lipinski definition) is 0. The van der Waals surface area contributed by atoms with Crippen LogP contribution >= 0.6 is 15.9 Å². The van der Waals surface area contributed by atoms with Crippen molar-refractivity contribution >= 4 is 15.9 Å². The van der Waals surface area contributed by atoms with Crippen LogP contribution in [-0.4, -0.2) is 0 Å². The molecule has 1 aromatic rings. The lowest BCUT2D eigenvalue weighted by molar-refractivity contribution is 0.311. The molecule has 0 aromatic heterocycles. The Balaban J connectivity index is 2.10. The zero-order valence-corrected chi connectivity index (χ0v) is 13.5. The highest BCUT2D eigenvalue weighted by molar-refractivity contribution is 9.09. The summed E-state index contributed by atoms with van der Waals surface area (Å²) in [7, 11) is 0. The van der Waals surface area contributed by atoms with E-state index in [0.717, 1.165) is 5.92 Å². The first-order valence-electron chi connectivity index (χ1n) is 7.19. The molecule has 2 unspecified atom stereocenters. The molecule has 1 aromatic carbocycles. The maximum atomic E-state index is 3.97. The molecule has 0 aliphatic heterocycles. The van der Waals surface area contributed by atoms with Crippen LogP contribution in [-0.2, 0) is 6.42 Å². The average molecular weight is 309 g/mol. The molecule has 0 amide bonds. The lowest BCUT2D eigenvalue weighted by atomic mass is 9.83. The van der Waals surface area contributed by atoms with Crippen molar-refractivity contribution in [1.29, 1.82) is 0 Å². The summed E-state index contributed by atoms with van der Waals surface area (Å²) < 4.78 is 0. The van der Waals surface area contributed by atoms with Crippen molar-refractivity contribution in [3.8, 4) is 0 Å². The van der Waals surface area contributed by atoms with E-state index in [-0.39, 0.29) is 0 Å². The highest BCUT2D eigenvalue weighted by Crippen LogP contribution is 2.42. The average Bonchev–Trinajstić information content (AvgIpc) is 2.46. The van der Waals surface area contributed by atoms with Crippen LogP contribution in [0.5, 0.6) is 0 Å². The second-order valence-corrected chi connectivity index (χ2v) is 7.84. The Bertz CT molecular complexity index is 389. The minimum atomic E-state index is 0.457. The number of hydrogen-bond acceptors (Lipinski definition) is 0. The lowest BCUT2D eigenvalue weighted by Crippen LogP contribution is -2.12. The number of benzene rings is 1. The van der Waals surface area contributed by atoms with E-state index in [9.17, 15) is 0 Å². The number of fused-ring (bicyclic) bond motifs is 1. The molecule has 1 aliphatic rings. The van der Waals surface area contributed by atoms with Crippen LogP contribution in [0.1, 0.15) is 62.4 Å². The quantitative estimate of drug-likeness (QED) is 0.471. The Morgan fingerprint density at radius 3 is 2.67 bits per heavy atom. The van der Waals surface area contributed by atoms with Gasteiger partial charge < -0.3 is 0 Å². The smallest absolute Gasteiger partial charge is 0.0426 e. The highest BCUT2D eigenvalue weighted by atomic mass is 79.9. The largest absolute Gasteiger partial charge is 0.0836 e. The van der Waals surface area contributed by atoms with Gasteiger partial charge in [-0.15, -0.1) is 0 Å². The molecule has 2 atom stereocenters. The van der Waals surface area contributed by atoms with E-state index in [1.165, 1.54) is 37.7 Å². The minimum Gasteiger partial charge on any atom is -0.0836 e. The van der Waals surface area contributed by atoms with E-state index in [0.29, 0.717) is 10.2 Å². The second-order valence-electron chi connectivity index (χ2n) is 6.85. The topological polar surface area (TPSA) is 0 Å². The van der Waals surface area contributed by atoms with Gasteiger partial charge in [0.25, 0.3) is 0 Å². The first kappa shape index (κ1) is 14.1. The predicted octanol–water partition coefficient (Wildman–Crippen LogP) is 5.90. The van der Waals surface area contributed by atoms with Gasteiger partial charge in [0.2, 0.25) is 0 Å². The van der Waals surface area contributed by atoms with Gasteiger partial charge in [0, 0.05) is 4.83 Å². The molecule has 2 rings (SSSR count). The summed E-state index contributed by atoms with van der Waals surface area (Å²) in [6.07, 6.45) is 6.62. The maximum Gasteiger partial charge on any atom is 0.0426 e. The third kappa shape index (κ3) is 3.60. The third-order valence-electron chi connectivity index (χ3n) is 4.05. The van der Waals surface area contributed by atoms with Crippen LogP contribution in [0, 0.1) is 11.3 Å². The fourth-order valence-electron chi connectivity index (χ4n) is 2.89. The van der Waals surface area contributed by atoms with Crippen LogP contribution in [0.2, 0.25) is 0 Å². The molecular weight excluding hydrogens is 284 g/mol. The highest BCUT2D eigenvalue weighted by Gasteiger charge is 2.26. The molecule has 0 saturated heterocycles. The number of alkyl halides is 1. The fraction of sp³-hybridized carbons (Fsp3) is 0.647. The van der Waals surface area contributed by atoms with Crippen molar-refractivity contribution < 1.29 is 0 Å². The van der Waals surface area contributed by atoms with E-state index in [4.69, 9.17) is 0 Å². The van der Waals surface area contributed by atoms with Crippen LogP contribution in [0.15, 0.2) is 24.3 Å². The Kier molecular flexibility index (Phi) is 4.53. The van der Waals surface area contributed by atoms with Crippen LogP contribution < -0.4 is 0 Å². The first-order valence-corrected chi connectivity index (χ1v) is 8.11. The lowest BCUT2D eigenvalue weighted by Gasteiger charge is -2.26. The minimum absolute atomic E-state index is 0.457. The van der Waals surface area contributed by atoms with E-state index >= 15 is 0 Å². The molecule has 0 spiro atoms. The van der Waals surface area contributed by atoms with Gasteiger partial charge in [-0.05, 0) is 54.6 Å². The molecule has 0 N–H and O–H groups in total. The van der Waals surface area contributed by atoms with Gasteiger partial charge in [-0.25, -0.2) is 0 Å². The van der Waals surface area contributed by atoms with Crippen LogP contribution in [0.4, 0.5) is 0 Å². The van der Waals surface area contributed by atoms with Crippen LogP contribution in [0.25, 0.3) is 0 Å². The number of rotatable bonds is 2. The Labute approximate surface area is 120 Å². The molecule has 0 saturated carbocycles. The Hall–Kier alpha value is -0.300. The molecular formula is C17H25Br. The Morgan fingerprint density at radius 2 is 1.94 bits per heavy atom. The zero-order chi connectivity index (χ0) is 13.2. The van der Waals surface area contributed by atoms with Crippen molar-refractivity contribution in [2.75, 3.05) is 0 Å². The molecule has 0 nitrogen and oxygen atoms in total. The van der Waals surface area contributed by atoms with Crippen molar-refractivity contribution in [2.45, 2.75) is 57.7 Å². The summed E-state index contributed by atoms with van der Waals surface area (Å²) in [5.41, 5.74) is 3.55. The molecule has 1 heteroatoms. The monoisotopic (exact) mass is 308 g/mol. The maximum absolute atomic E-state index is 3.97. The van der Waals surface area contributed by atoms with E-state index in [1.807, 2.05) is 0 Å². The number of halogens is 1. The molecule has 0 bridgehead atoms. The van der Waals surface area contributed by atoms with Gasteiger partial charge in [-0.2, -0.15) is 0 Å². The molecule has 1 aliphatic carbocycles. The van der Waals surface area contributed by atoms with Crippen molar-refractivity contribution in [2.24, 2.45) is 11.3 Å². The fourth-order valence-corrected chi connectivity index (χ4v) is 3.87. The SMILES string of the molecule is CC(C)(C)CCC1CCCc2ccccc2C1Br. The summed E-state index contributed by atoms with van der Waals surface area (Å²) in [6.45, 7) is 7.04. The van der Waals surface area contributed by atoms with Gasteiger partial charge in [0.05, 0.1) is 0 Å². The molecule has 0 radical (unpaired) electrons. The molecule has 0 heterocycles. The summed E-state index contributed by atoms with van der Waals surface area (Å²) in [5, 5.41) is 0. The standard InChI is InChI=1S/C17H25Br/c1-17(2,3)12-11-14-9-6-8-13-7-4-5-10-15(13)16(14)18/h4-5,7,10,14,16H,6,8-9,11-12H2,1-3H3. The van der Waals surface area contributed by atoms with Crippen molar-refractivity contribution in [3.63, 3.8) is 0 Å². The molecule has 100 valence electrons. The predicted molar refractivity (Wildman–Crippen MR) is 83.2 cm³/mol. The Morgan fingerprint density at radius 1 is 1.22 bits per heavy atom. The van der Waals surface area contributed by atoms with Gasteiger partial charge in [0.1, 0.15) is 0 Å². The van der Waals surface area contributed by atoms with Gasteiger partial charge in [0.15, 0.2) is 0 Å². The van der Waals surface area contributed by atoms with Gasteiger partial charge in [-0.3, -0.25) is 0 Å². The molecule has 0 fully saturated rings. The van der Waals surface area contributed by atoms with Crippen molar-refractivity contribution in [1.82, 2.24) is 0 Å². The zero-order valence-electron chi connectivity index (χ0n) is 11.9. The summed E-state index contributed by atoms with van der Waals surface area (Å²) in [4.78, 5) is 0.554. The summed E-state index contributed by atoms with van der Waals surface area (Å²) in [5.74, 6) is 0.799. The second kappa shape index (κ2) is 5.77. The normalized spacial score (nSPS) is 24.4. The number of aryl methyl sites for hydroxylation is 1. The third-order valence-corrected chi connectivity index (χ3v) is 5.29. The van der Waals surface area contributed by atoms with Crippen LogP contribution in [0.3, 0.4) is 0 Å². The van der Waals surface area contributed by atoms with Gasteiger partial charge in [-0.1, -0.05) is 61.0 Å².